The molecule has 0 heterocycles. The summed E-state index contributed by atoms with van der Waals surface area (Å²) in [4.78, 5) is 33.1. The lowest BCUT2D eigenvalue weighted by molar-refractivity contribution is -0.154. The van der Waals surface area contributed by atoms with Gasteiger partial charge in [-0.05, 0) is 44.9 Å². The third-order valence-electron chi connectivity index (χ3n) is 6.68. The smallest absolute Gasteiger partial charge is 0.472 e. The third kappa shape index (κ3) is 28.9. The first kappa shape index (κ1) is 42.2. The molecule has 4 N–H and O–H groups in total. The van der Waals surface area contributed by atoms with Crippen molar-refractivity contribution >= 4 is 19.8 Å². The standard InChI is InChI=1S/C33H60NO9P/c1-3-5-7-9-11-13-14-15-16-17-18-20-22-24-26-40-27-30(28-41-44(38,39)42-29-31(34)33(36)37)43-32(35)25-23-21-19-12-10-8-6-4-2/h5,7,11,13,15-16,30-31H,3-4,6,8-10,12,14,17-29,34H2,1-2H3,(H,36,37)(H,38,39)/b7-5-,13-11-,16-15-. The summed E-state index contributed by atoms with van der Waals surface area (Å²) in [6.07, 6.45) is 29.3. The second-order valence-corrected chi connectivity index (χ2v) is 12.4. The minimum absolute atomic E-state index is 0.00228. The number of phosphoric acid groups is 1. The Labute approximate surface area is 266 Å². The summed E-state index contributed by atoms with van der Waals surface area (Å²) in [5.74, 6) is -1.80. The number of carbonyl (C=O) groups is 2. The van der Waals surface area contributed by atoms with Crippen molar-refractivity contribution in [2.24, 2.45) is 5.73 Å². The van der Waals surface area contributed by atoms with Crippen LogP contribution in [0.25, 0.3) is 0 Å². The summed E-state index contributed by atoms with van der Waals surface area (Å²) in [6, 6.07) is -1.47. The van der Waals surface area contributed by atoms with Crippen LogP contribution in [0.4, 0.5) is 0 Å². The van der Waals surface area contributed by atoms with Gasteiger partial charge in [0.25, 0.3) is 0 Å². The van der Waals surface area contributed by atoms with Gasteiger partial charge in [0, 0.05) is 13.0 Å². The molecule has 0 saturated carbocycles. The monoisotopic (exact) mass is 645 g/mol. The highest BCUT2D eigenvalue weighted by atomic mass is 31.2. The fourth-order valence-electron chi connectivity index (χ4n) is 4.09. The topological polar surface area (TPSA) is 155 Å². The molecule has 0 bridgehead atoms. The number of hydrogen-bond donors (Lipinski definition) is 3. The highest BCUT2D eigenvalue weighted by Crippen LogP contribution is 2.43. The van der Waals surface area contributed by atoms with Crippen molar-refractivity contribution in [1.29, 1.82) is 0 Å². The average molecular weight is 646 g/mol. The molecule has 0 amide bonds. The summed E-state index contributed by atoms with van der Waals surface area (Å²) >= 11 is 0. The molecule has 0 rings (SSSR count). The van der Waals surface area contributed by atoms with Crippen LogP contribution >= 0.6 is 7.82 Å². The minimum atomic E-state index is -4.60. The molecule has 3 atom stereocenters. The molecule has 0 aliphatic heterocycles. The normalized spacial score (nSPS) is 14.8. The molecule has 0 spiro atoms. The van der Waals surface area contributed by atoms with E-state index >= 15 is 0 Å². The number of rotatable bonds is 31. The fraction of sp³-hybridized carbons (Fsp3) is 0.758. The Hall–Kier alpha value is -1.81. The summed E-state index contributed by atoms with van der Waals surface area (Å²) in [6.45, 7) is 3.64. The highest BCUT2D eigenvalue weighted by Gasteiger charge is 2.27. The molecule has 44 heavy (non-hydrogen) atoms. The Balaban J connectivity index is 4.38. The zero-order valence-corrected chi connectivity index (χ0v) is 28.1. The maximum Gasteiger partial charge on any atom is 0.472 e. The fourth-order valence-corrected chi connectivity index (χ4v) is 4.86. The summed E-state index contributed by atoms with van der Waals surface area (Å²) in [5, 5.41) is 8.82. The van der Waals surface area contributed by atoms with E-state index in [0.29, 0.717) is 13.0 Å². The zero-order valence-electron chi connectivity index (χ0n) is 27.2. The molecule has 0 radical (unpaired) electrons. The Bertz CT molecular complexity index is 847. The Morgan fingerprint density at radius 2 is 1.32 bits per heavy atom. The van der Waals surface area contributed by atoms with Crippen LogP contribution < -0.4 is 5.73 Å². The number of carboxylic acids is 1. The molecule has 0 aromatic rings. The summed E-state index contributed by atoms with van der Waals surface area (Å²) < 4.78 is 33.0. The van der Waals surface area contributed by atoms with Gasteiger partial charge in [-0.15, -0.1) is 0 Å². The molecule has 0 fully saturated rings. The molecule has 0 aromatic carbocycles. The summed E-state index contributed by atoms with van der Waals surface area (Å²) in [7, 11) is -4.60. The van der Waals surface area contributed by atoms with E-state index in [-0.39, 0.29) is 13.0 Å². The number of hydrogen-bond acceptors (Lipinski definition) is 8. The van der Waals surface area contributed by atoms with Gasteiger partial charge in [-0.3, -0.25) is 18.6 Å². The second kappa shape index (κ2) is 29.9. The first-order valence-electron chi connectivity index (χ1n) is 16.5. The lowest BCUT2D eigenvalue weighted by Gasteiger charge is -2.20. The Morgan fingerprint density at radius 1 is 0.750 bits per heavy atom. The van der Waals surface area contributed by atoms with Crippen molar-refractivity contribution in [3.63, 3.8) is 0 Å². The van der Waals surface area contributed by atoms with Crippen LogP contribution in [0.15, 0.2) is 36.5 Å². The first-order chi connectivity index (χ1) is 21.2. The lowest BCUT2D eigenvalue weighted by Crippen LogP contribution is -2.34. The molecular formula is C33H60NO9P. The van der Waals surface area contributed by atoms with Crippen LogP contribution in [-0.4, -0.2) is 60.5 Å². The number of esters is 1. The molecule has 256 valence electrons. The second-order valence-electron chi connectivity index (χ2n) is 10.9. The van der Waals surface area contributed by atoms with E-state index in [9.17, 15) is 19.0 Å². The van der Waals surface area contributed by atoms with Gasteiger partial charge in [0.1, 0.15) is 12.1 Å². The third-order valence-corrected chi connectivity index (χ3v) is 7.63. The van der Waals surface area contributed by atoms with Crippen molar-refractivity contribution in [1.82, 2.24) is 0 Å². The SMILES string of the molecule is CC/C=C\C/C=C\C/C=C\CCCCCCOCC(COP(=O)(O)OCC(N)C(=O)O)OC(=O)CCCCCCCCCC. The number of nitrogens with two attached hydrogens (primary N) is 1. The van der Waals surface area contributed by atoms with Crippen molar-refractivity contribution in [2.75, 3.05) is 26.4 Å². The van der Waals surface area contributed by atoms with Gasteiger partial charge >= 0.3 is 19.8 Å². The molecule has 11 heteroatoms. The van der Waals surface area contributed by atoms with Crippen molar-refractivity contribution in [3.8, 4) is 0 Å². The van der Waals surface area contributed by atoms with Crippen LogP contribution in [0.2, 0.25) is 0 Å². The van der Waals surface area contributed by atoms with E-state index < -0.39 is 45.1 Å². The molecule has 0 saturated heterocycles. The molecule has 0 aliphatic rings. The van der Waals surface area contributed by atoms with Crippen LogP contribution in [0.3, 0.4) is 0 Å². The molecule has 0 aliphatic carbocycles. The van der Waals surface area contributed by atoms with E-state index in [1.165, 1.54) is 25.7 Å². The predicted molar refractivity (Wildman–Crippen MR) is 175 cm³/mol. The number of allylic oxidation sites excluding steroid dienone is 6. The minimum Gasteiger partial charge on any atom is -0.480 e. The molecule has 3 unspecified atom stereocenters. The Morgan fingerprint density at radius 3 is 1.98 bits per heavy atom. The van der Waals surface area contributed by atoms with Crippen LogP contribution in [-0.2, 0) is 32.7 Å². The largest absolute Gasteiger partial charge is 0.480 e. The van der Waals surface area contributed by atoms with E-state index in [2.05, 4.69) is 54.8 Å². The number of carboxylic acid groups (broad SMARTS) is 1. The average Bonchev–Trinajstić information content (AvgIpc) is 2.99. The van der Waals surface area contributed by atoms with Gasteiger partial charge < -0.3 is 25.2 Å². The number of carbonyl (C=O) groups excluding carboxylic acids is 1. The highest BCUT2D eigenvalue weighted by molar-refractivity contribution is 7.47. The number of aliphatic carboxylic acids is 1. The van der Waals surface area contributed by atoms with E-state index in [1.54, 1.807) is 0 Å². The Kier molecular flexibility index (Phi) is 28.6. The van der Waals surface area contributed by atoms with Gasteiger partial charge in [-0.1, -0.05) is 108 Å². The van der Waals surface area contributed by atoms with Crippen molar-refractivity contribution < 1.29 is 42.7 Å². The molecular weight excluding hydrogens is 585 g/mol. The first-order valence-corrected chi connectivity index (χ1v) is 18.0. The van der Waals surface area contributed by atoms with Gasteiger partial charge in [0.2, 0.25) is 0 Å². The van der Waals surface area contributed by atoms with Gasteiger partial charge in [0.05, 0.1) is 19.8 Å². The van der Waals surface area contributed by atoms with E-state index in [0.717, 1.165) is 70.6 Å². The zero-order chi connectivity index (χ0) is 32.7. The molecule has 10 nitrogen and oxygen atoms in total. The number of ether oxygens (including phenoxy) is 2. The van der Waals surface area contributed by atoms with Gasteiger partial charge in [0.15, 0.2) is 0 Å². The number of unbranched alkanes of at least 4 members (excludes halogenated alkanes) is 11. The van der Waals surface area contributed by atoms with Gasteiger partial charge in [-0.2, -0.15) is 0 Å². The maximum atomic E-state index is 12.4. The maximum absolute atomic E-state index is 12.4. The lowest BCUT2D eigenvalue weighted by atomic mass is 10.1. The van der Waals surface area contributed by atoms with E-state index in [4.69, 9.17) is 24.8 Å². The van der Waals surface area contributed by atoms with E-state index in [1.807, 2.05) is 0 Å². The number of phosphoric ester groups is 1. The van der Waals surface area contributed by atoms with Crippen LogP contribution in [0.1, 0.15) is 123 Å². The van der Waals surface area contributed by atoms with Crippen LogP contribution in [0.5, 0.6) is 0 Å². The molecule has 0 aromatic heterocycles. The van der Waals surface area contributed by atoms with Gasteiger partial charge in [-0.25, -0.2) is 4.57 Å². The summed E-state index contributed by atoms with van der Waals surface area (Å²) in [5.41, 5.74) is 5.31. The quantitative estimate of drug-likeness (QED) is 0.0294. The van der Waals surface area contributed by atoms with Crippen molar-refractivity contribution in [2.45, 2.75) is 135 Å². The predicted octanol–water partition coefficient (Wildman–Crippen LogP) is 7.80. The van der Waals surface area contributed by atoms with Crippen molar-refractivity contribution in [3.05, 3.63) is 36.5 Å². The van der Waals surface area contributed by atoms with Crippen LogP contribution in [0, 0.1) is 0 Å².